The van der Waals surface area contributed by atoms with Gasteiger partial charge >= 0.3 is 5.97 Å². The van der Waals surface area contributed by atoms with Gasteiger partial charge in [-0.3, -0.25) is 4.79 Å². The van der Waals surface area contributed by atoms with Gasteiger partial charge in [0.05, 0.1) is 5.39 Å². The number of carboxylic acids is 1. The first-order valence-corrected chi connectivity index (χ1v) is 10.00. The molecule has 29 heavy (non-hydrogen) atoms. The van der Waals surface area contributed by atoms with Crippen LogP contribution in [0.15, 0.2) is 17.1 Å². The molecule has 2 aliphatic rings. The van der Waals surface area contributed by atoms with Crippen molar-refractivity contribution >= 4 is 22.8 Å². The second kappa shape index (κ2) is 7.72. The van der Waals surface area contributed by atoms with Gasteiger partial charge in [0.2, 0.25) is 5.43 Å². The van der Waals surface area contributed by atoms with E-state index in [-0.39, 0.29) is 16.8 Å². The van der Waals surface area contributed by atoms with Crippen LogP contribution in [-0.2, 0) is 6.54 Å². The number of nitrogens with zero attached hydrogens (tertiary/aromatic N) is 5. The van der Waals surface area contributed by atoms with Crippen molar-refractivity contribution in [2.24, 2.45) is 5.92 Å². The zero-order chi connectivity index (χ0) is 20.7. The third-order valence-corrected chi connectivity index (χ3v) is 5.92. The molecule has 0 radical (unpaired) electrons. The van der Waals surface area contributed by atoms with Gasteiger partial charge in [-0.2, -0.15) is 0 Å². The number of likely N-dealkylation sites (N-methyl/N-ethyl adjacent to an activating group) is 1. The summed E-state index contributed by atoms with van der Waals surface area (Å²) < 4.78 is 16.3. The summed E-state index contributed by atoms with van der Waals surface area (Å²) in [5.41, 5.74) is -0.752. The molecular formula is C20H26FN5O3. The summed E-state index contributed by atoms with van der Waals surface area (Å²) in [5.74, 6) is -1.20. The summed E-state index contributed by atoms with van der Waals surface area (Å²) >= 11 is 0. The number of aromatic nitrogens is 2. The molecule has 2 aromatic heterocycles. The Kier molecular flexibility index (Phi) is 5.26. The lowest BCUT2D eigenvalue weighted by molar-refractivity contribution is 0.0695. The summed E-state index contributed by atoms with van der Waals surface area (Å²) in [6.07, 6.45) is 1.29. The van der Waals surface area contributed by atoms with Crippen LogP contribution in [0.1, 0.15) is 17.3 Å². The molecule has 9 heteroatoms. The number of fused-ring (bicyclic) bond motifs is 1. The topological polar surface area (TPSA) is 81.9 Å². The van der Waals surface area contributed by atoms with Crippen LogP contribution in [0.4, 0.5) is 10.2 Å². The second-order valence-corrected chi connectivity index (χ2v) is 8.00. The monoisotopic (exact) mass is 403 g/mol. The molecule has 2 aromatic rings. The Labute approximate surface area is 168 Å². The zero-order valence-corrected chi connectivity index (χ0v) is 16.8. The SMILES string of the molecule is CCn1cc(C(=O)O)c(=O)c2cc(F)c(N3CC(CN4CCN(C)CC4)C3)nc21. The number of carboxylic acid groups (broad SMARTS) is 1. The highest BCUT2D eigenvalue weighted by atomic mass is 19.1. The number of carbonyl (C=O) groups is 1. The van der Waals surface area contributed by atoms with Gasteiger partial charge in [0.25, 0.3) is 0 Å². The average molecular weight is 403 g/mol. The Morgan fingerprint density at radius 2 is 1.97 bits per heavy atom. The van der Waals surface area contributed by atoms with Gasteiger partial charge in [0, 0.05) is 64.5 Å². The molecule has 0 unspecified atom stereocenters. The fourth-order valence-electron chi connectivity index (χ4n) is 4.15. The molecule has 0 spiro atoms. The van der Waals surface area contributed by atoms with E-state index in [1.807, 2.05) is 11.8 Å². The largest absolute Gasteiger partial charge is 0.477 e. The third kappa shape index (κ3) is 3.72. The van der Waals surface area contributed by atoms with Gasteiger partial charge in [0.15, 0.2) is 11.6 Å². The number of aromatic carboxylic acids is 1. The predicted octanol–water partition coefficient (Wildman–Crippen LogP) is 0.937. The van der Waals surface area contributed by atoms with Crippen LogP contribution in [-0.4, -0.2) is 83.3 Å². The lowest BCUT2D eigenvalue weighted by atomic mass is 9.99. The molecular weight excluding hydrogens is 377 g/mol. The van der Waals surface area contributed by atoms with Gasteiger partial charge in [-0.05, 0) is 20.0 Å². The fraction of sp³-hybridized carbons (Fsp3) is 0.550. The molecule has 1 N–H and O–H groups in total. The number of hydrogen-bond acceptors (Lipinski definition) is 6. The van der Waals surface area contributed by atoms with Gasteiger partial charge in [0.1, 0.15) is 11.2 Å². The quantitative estimate of drug-likeness (QED) is 0.796. The number of aryl methyl sites for hydroxylation is 1. The Hall–Kier alpha value is -2.52. The van der Waals surface area contributed by atoms with Crippen LogP contribution in [0.5, 0.6) is 0 Å². The van der Waals surface area contributed by atoms with Gasteiger partial charge in [-0.1, -0.05) is 0 Å². The molecule has 0 aromatic carbocycles. The highest BCUT2D eigenvalue weighted by Crippen LogP contribution is 2.28. The molecule has 8 nitrogen and oxygen atoms in total. The van der Waals surface area contributed by atoms with Crippen LogP contribution in [0.2, 0.25) is 0 Å². The summed E-state index contributed by atoms with van der Waals surface area (Å²) in [7, 11) is 2.13. The van der Waals surface area contributed by atoms with E-state index < -0.39 is 17.2 Å². The minimum absolute atomic E-state index is 0.00232. The lowest BCUT2D eigenvalue weighted by Gasteiger charge is -2.44. The van der Waals surface area contributed by atoms with E-state index in [2.05, 4.69) is 21.8 Å². The number of piperazine rings is 1. The molecule has 0 saturated carbocycles. The Morgan fingerprint density at radius 1 is 1.28 bits per heavy atom. The van der Waals surface area contributed by atoms with E-state index >= 15 is 0 Å². The molecule has 2 fully saturated rings. The zero-order valence-electron chi connectivity index (χ0n) is 16.8. The van der Waals surface area contributed by atoms with Crippen LogP contribution >= 0.6 is 0 Å². The van der Waals surface area contributed by atoms with E-state index in [1.54, 1.807) is 4.57 Å². The summed E-state index contributed by atoms with van der Waals surface area (Å²) in [5, 5.41) is 9.24. The molecule has 2 saturated heterocycles. The highest BCUT2D eigenvalue weighted by Gasteiger charge is 2.32. The standard InChI is InChI=1S/C20H26FN5O3/c1-3-25-12-15(20(28)29)17(27)14-8-16(21)19(22-18(14)25)26-10-13(11-26)9-24-6-4-23(2)5-7-24/h8,12-13H,3-7,9-11H2,1-2H3,(H,28,29). The van der Waals surface area contributed by atoms with Gasteiger partial charge in [-0.15, -0.1) is 0 Å². The maximum Gasteiger partial charge on any atom is 0.341 e. The van der Waals surface area contributed by atoms with Crippen LogP contribution in [0, 0.1) is 11.7 Å². The lowest BCUT2D eigenvalue weighted by Crippen LogP contribution is -2.55. The van der Waals surface area contributed by atoms with E-state index in [0.29, 0.717) is 18.1 Å². The summed E-state index contributed by atoms with van der Waals surface area (Å²) in [6.45, 7) is 8.98. The molecule has 0 atom stereocenters. The van der Waals surface area contributed by atoms with E-state index in [0.717, 1.165) is 51.9 Å². The van der Waals surface area contributed by atoms with Crippen LogP contribution in [0.25, 0.3) is 11.0 Å². The van der Waals surface area contributed by atoms with E-state index in [9.17, 15) is 19.1 Å². The number of pyridine rings is 2. The van der Waals surface area contributed by atoms with Crippen molar-refractivity contribution in [3.05, 3.63) is 33.9 Å². The second-order valence-electron chi connectivity index (χ2n) is 8.00. The van der Waals surface area contributed by atoms with Crippen molar-refractivity contribution in [2.45, 2.75) is 13.5 Å². The molecule has 0 bridgehead atoms. The minimum atomic E-state index is -1.32. The highest BCUT2D eigenvalue weighted by molar-refractivity contribution is 5.92. The first-order chi connectivity index (χ1) is 13.9. The average Bonchev–Trinajstić information content (AvgIpc) is 2.66. The Balaban J connectivity index is 1.55. The Bertz CT molecular complexity index is 994. The van der Waals surface area contributed by atoms with E-state index in [4.69, 9.17) is 0 Å². The summed E-state index contributed by atoms with van der Waals surface area (Å²) in [4.78, 5) is 34.8. The van der Waals surface area contributed by atoms with E-state index in [1.165, 1.54) is 6.20 Å². The van der Waals surface area contributed by atoms with Crippen molar-refractivity contribution < 1.29 is 14.3 Å². The van der Waals surface area contributed by atoms with Crippen molar-refractivity contribution in [2.75, 3.05) is 57.8 Å². The number of anilines is 1. The van der Waals surface area contributed by atoms with Crippen molar-refractivity contribution in [1.82, 2.24) is 19.4 Å². The summed E-state index contributed by atoms with van der Waals surface area (Å²) in [6, 6.07) is 1.13. The number of hydrogen-bond donors (Lipinski definition) is 1. The first kappa shape index (κ1) is 19.8. The van der Waals surface area contributed by atoms with Crippen molar-refractivity contribution in [1.29, 1.82) is 0 Å². The molecule has 4 rings (SSSR count). The maximum atomic E-state index is 14.8. The predicted molar refractivity (Wildman–Crippen MR) is 108 cm³/mol. The molecule has 4 heterocycles. The molecule has 156 valence electrons. The maximum absolute atomic E-state index is 14.8. The normalized spacial score (nSPS) is 18.9. The third-order valence-electron chi connectivity index (χ3n) is 5.92. The number of halogens is 1. The smallest absolute Gasteiger partial charge is 0.341 e. The first-order valence-electron chi connectivity index (χ1n) is 10.00. The van der Waals surface area contributed by atoms with Gasteiger partial charge in [-0.25, -0.2) is 14.2 Å². The Morgan fingerprint density at radius 3 is 2.59 bits per heavy atom. The van der Waals surface area contributed by atoms with Gasteiger partial charge < -0.3 is 24.4 Å². The van der Waals surface area contributed by atoms with Crippen molar-refractivity contribution in [3.63, 3.8) is 0 Å². The molecule has 2 aliphatic heterocycles. The van der Waals surface area contributed by atoms with Crippen LogP contribution in [0.3, 0.4) is 0 Å². The minimum Gasteiger partial charge on any atom is -0.477 e. The molecule has 0 aliphatic carbocycles. The van der Waals surface area contributed by atoms with Crippen molar-refractivity contribution in [3.8, 4) is 0 Å². The molecule has 0 amide bonds. The van der Waals surface area contributed by atoms with Crippen LogP contribution < -0.4 is 10.3 Å². The fourth-order valence-corrected chi connectivity index (χ4v) is 4.15. The number of rotatable bonds is 5.